The molecule has 4 rings (SSSR count). The van der Waals surface area contributed by atoms with Gasteiger partial charge < -0.3 is 26.3 Å². The third-order valence-electron chi connectivity index (χ3n) is 8.57. The number of alkyl halides is 3. The molecule has 1 unspecified atom stereocenters. The van der Waals surface area contributed by atoms with Crippen LogP contribution in [0.5, 0.6) is 0 Å². The Bertz CT molecular complexity index is 1510. The molecule has 2 aromatic rings. The van der Waals surface area contributed by atoms with Crippen molar-refractivity contribution in [3.05, 3.63) is 45.7 Å². The number of halogens is 3. The molecule has 13 heteroatoms. The number of nitrogens with two attached hydrogens (primary N) is 1. The molecular weight excluding hydrogens is 555 g/mol. The van der Waals surface area contributed by atoms with Crippen LogP contribution in [0, 0.1) is 29.6 Å². The number of primary amides is 1. The van der Waals surface area contributed by atoms with Crippen LogP contribution in [0.4, 0.5) is 13.2 Å². The van der Waals surface area contributed by atoms with E-state index in [0.717, 1.165) is 10.9 Å². The number of amides is 4. The van der Waals surface area contributed by atoms with Gasteiger partial charge in [-0.2, -0.15) is 13.2 Å². The monoisotopic (exact) mass is 591 g/mol. The van der Waals surface area contributed by atoms with E-state index < -0.39 is 58.9 Å². The Kier molecular flexibility index (Phi) is 7.71. The number of carbonyl (C=O) groups excluding carboxylic acids is 4. The van der Waals surface area contributed by atoms with Crippen LogP contribution in [0.3, 0.4) is 0 Å². The number of benzene rings is 1. The summed E-state index contributed by atoms with van der Waals surface area (Å²) in [7, 11) is 0. The number of hydrogen-bond acceptors (Lipinski definition) is 5. The number of pyridine rings is 1. The third-order valence-corrected chi connectivity index (χ3v) is 8.57. The summed E-state index contributed by atoms with van der Waals surface area (Å²) in [5, 5.41) is 5.11. The Hall–Kier alpha value is -3.90. The number of fused-ring (bicyclic) bond motifs is 2. The average molecular weight is 592 g/mol. The Morgan fingerprint density at radius 1 is 1.12 bits per heavy atom. The number of piperidine rings is 1. The van der Waals surface area contributed by atoms with Crippen LogP contribution in [0.2, 0.25) is 0 Å². The van der Waals surface area contributed by atoms with E-state index in [-0.39, 0.29) is 35.8 Å². The fourth-order valence-corrected chi connectivity index (χ4v) is 6.06. The Labute approximate surface area is 240 Å². The van der Waals surface area contributed by atoms with E-state index in [1.165, 1.54) is 25.7 Å². The van der Waals surface area contributed by atoms with Crippen LogP contribution in [0.15, 0.2) is 29.1 Å². The molecule has 42 heavy (non-hydrogen) atoms. The molecule has 2 fully saturated rings. The van der Waals surface area contributed by atoms with Gasteiger partial charge in [0.05, 0.1) is 0 Å². The number of aryl methyl sites for hydroxylation is 1. The fourth-order valence-electron chi connectivity index (χ4n) is 6.06. The van der Waals surface area contributed by atoms with Crippen LogP contribution < -0.4 is 21.9 Å². The first-order valence-corrected chi connectivity index (χ1v) is 13.6. The van der Waals surface area contributed by atoms with Gasteiger partial charge in [-0.1, -0.05) is 46.2 Å². The summed E-state index contributed by atoms with van der Waals surface area (Å²) in [5.41, 5.74) is 5.45. The molecule has 4 amide bonds. The SMILES string of the molecule is Cc1ccc2[nH]c(=O)c(CC(NC(=O)[C@@H]3[C@@H]4[C@H](CN3C(=O)[C@@H](NC(=O)C(F)(F)F)C(C)(C)C)C4(C)C)C(N)=O)cc2c1. The summed E-state index contributed by atoms with van der Waals surface area (Å²) in [6.07, 6.45) is -5.42. The summed E-state index contributed by atoms with van der Waals surface area (Å²) in [5.74, 6) is -5.16. The van der Waals surface area contributed by atoms with Crippen molar-refractivity contribution in [3.63, 3.8) is 0 Å². The van der Waals surface area contributed by atoms with Gasteiger partial charge in [-0.05, 0) is 53.2 Å². The highest BCUT2D eigenvalue weighted by Gasteiger charge is 2.70. The van der Waals surface area contributed by atoms with Crippen LogP contribution in [0.25, 0.3) is 10.9 Å². The van der Waals surface area contributed by atoms with E-state index in [4.69, 9.17) is 5.73 Å². The minimum Gasteiger partial charge on any atom is -0.368 e. The molecule has 0 spiro atoms. The minimum atomic E-state index is -5.20. The summed E-state index contributed by atoms with van der Waals surface area (Å²) in [6.45, 7) is 10.3. The number of rotatable bonds is 7. The molecule has 1 aromatic carbocycles. The lowest BCUT2D eigenvalue weighted by Crippen LogP contribution is -2.61. The van der Waals surface area contributed by atoms with E-state index in [2.05, 4.69) is 10.3 Å². The largest absolute Gasteiger partial charge is 0.471 e. The molecule has 5 atom stereocenters. The molecule has 10 nitrogen and oxygen atoms in total. The second kappa shape index (κ2) is 10.4. The van der Waals surface area contributed by atoms with Crippen molar-refractivity contribution in [2.75, 3.05) is 6.54 Å². The number of H-pyrrole nitrogens is 1. The first-order chi connectivity index (χ1) is 19.2. The van der Waals surface area contributed by atoms with Gasteiger partial charge in [0.25, 0.3) is 5.56 Å². The van der Waals surface area contributed by atoms with Gasteiger partial charge in [-0.25, -0.2) is 0 Å². The maximum atomic E-state index is 13.7. The van der Waals surface area contributed by atoms with E-state index >= 15 is 0 Å². The number of hydrogen-bond donors (Lipinski definition) is 4. The van der Waals surface area contributed by atoms with Crippen molar-refractivity contribution in [1.82, 2.24) is 20.5 Å². The highest BCUT2D eigenvalue weighted by Crippen LogP contribution is 2.65. The van der Waals surface area contributed by atoms with E-state index in [0.29, 0.717) is 5.52 Å². The molecule has 0 bridgehead atoms. The molecule has 1 saturated carbocycles. The van der Waals surface area contributed by atoms with Crippen molar-refractivity contribution < 1.29 is 32.3 Å². The van der Waals surface area contributed by atoms with Gasteiger partial charge in [0.1, 0.15) is 18.1 Å². The first kappa shape index (κ1) is 31.0. The first-order valence-electron chi connectivity index (χ1n) is 13.6. The summed E-state index contributed by atoms with van der Waals surface area (Å²) in [4.78, 5) is 68.3. The van der Waals surface area contributed by atoms with Crippen LogP contribution in [-0.2, 0) is 25.6 Å². The number of nitrogens with zero attached hydrogens (tertiary/aromatic N) is 1. The lowest BCUT2D eigenvalue weighted by Gasteiger charge is -2.38. The van der Waals surface area contributed by atoms with E-state index in [1.807, 2.05) is 32.9 Å². The molecule has 228 valence electrons. The number of aromatic nitrogens is 1. The van der Waals surface area contributed by atoms with Gasteiger partial charge in [0, 0.05) is 24.0 Å². The van der Waals surface area contributed by atoms with Crippen molar-refractivity contribution in [2.45, 2.75) is 72.3 Å². The molecule has 1 aliphatic carbocycles. The number of carbonyl (C=O) groups is 4. The van der Waals surface area contributed by atoms with Gasteiger partial charge >= 0.3 is 12.1 Å². The van der Waals surface area contributed by atoms with E-state index in [9.17, 15) is 37.1 Å². The second-order valence-electron chi connectivity index (χ2n) is 13.0. The highest BCUT2D eigenvalue weighted by atomic mass is 19.4. The predicted molar refractivity (Wildman–Crippen MR) is 148 cm³/mol. The Balaban J connectivity index is 1.60. The molecule has 2 heterocycles. The molecular formula is C29H36F3N5O5. The topological polar surface area (TPSA) is 154 Å². The number of aromatic amines is 1. The zero-order valence-corrected chi connectivity index (χ0v) is 24.3. The normalized spacial score (nSPS) is 22.7. The third kappa shape index (κ3) is 5.86. The molecule has 1 aliphatic heterocycles. The molecule has 2 aliphatic rings. The van der Waals surface area contributed by atoms with E-state index in [1.54, 1.807) is 17.4 Å². The summed E-state index contributed by atoms with van der Waals surface area (Å²) in [6, 6.07) is 3.06. The van der Waals surface area contributed by atoms with Crippen molar-refractivity contribution in [1.29, 1.82) is 0 Å². The second-order valence-corrected chi connectivity index (χ2v) is 13.0. The maximum absolute atomic E-state index is 13.7. The highest BCUT2D eigenvalue weighted by molar-refractivity contribution is 5.96. The van der Waals surface area contributed by atoms with Gasteiger partial charge in [0.2, 0.25) is 17.7 Å². The summed E-state index contributed by atoms with van der Waals surface area (Å²) >= 11 is 0. The van der Waals surface area contributed by atoms with Gasteiger partial charge in [-0.15, -0.1) is 0 Å². The summed E-state index contributed by atoms with van der Waals surface area (Å²) < 4.78 is 39.2. The molecule has 1 saturated heterocycles. The van der Waals surface area contributed by atoms with Crippen LogP contribution >= 0.6 is 0 Å². The maximum Gasteiger partial charge on any atom is 0.471 e. The fraction of sp³-hybridized carbons (Fsp3) is 0.552. The molecule has 1 aromatic heterocycles. The number of likely N-dealkylation sites (tertiary alicyclic amines) is 1. The van der Waals surface area contributed by atoms with Crippen molar-refractivity contribution in [3.8, 4) is 0 Å². The lowest BCUT2D eigenvalue weighted by atomic mass is 9.85. The Morgan fingerprint density at radius 3 is 2.33 bits per heavy atom. The average Bonchev–Trinajstić information content (AvgIpc) is 3.19. The lowest BCUT2D eigenvalue weighted by molar-refractivity contribution is -0.176. The molecule has 5 N–H and O–H groups in total. The van der Waals surface area contributed by atoms with Crippen molar-refractivity contribution in [2.24, 2.45) is 28.4 Å². The Morgan fingerprint density at radius 2 is 1.76 bits per heavy atom. The number of nitrogens with one attached hydrogen (secondary N) is 3. The zero-order chi connectivity index (χ0) is 31.5. The van der Waals surface area contributed by atoms with Gasteiger partial charge in [-0.3, -0.25) is 24.0 Å². The molecule has 0 radical (unpaired) electrons. The minimum absolute atomic E-state index is 0.0913. The van der Waals surface area contributed by atoms with Crippen LogP contribution in [-0.4, -0.2) is 64.4 Å². The van der Waals surface area contributed by atoms with Crippen molar-refractivity contribution >= 4 is 34.5 Å². The predicted octanol–water partition coefficient (Wildman–Crippen LogP) is 1.93. The smallest absolute Gasteiger partial charge is 0.368 e. The zero-order valence-electron chi connectivity index (χ0n) is 24.3. The quantitative estimate of drug-likeness (QED) is 0.388. The standard InChI is InChI=1S/C29H36F3N5O5/c1-13-7-8-17-14(9-13)10-15(23(39)34-17)11-18(22(33)38)35-24(40)20-19-16(28(19,5)6)12-37(20)25(41)21(27(2,3)4)36-26(42)29(30,31)32/h7-10,16,18-21H,11-12H2,1-6H3,(H2,33,38)(H,34,39)(H,35,40)(H,36,42)/t16-,18?,19-,20-,21+/m0/s1. The van der Waals surface area contributed by atoms with Crippen LogP contribution in [0.1, 0.15) is 45.7 Å². The van der Waals surface area contributed by atoms with Gasteiger partial charge in [0.15, 0.2) is 0 Å².